The molecule has 0 atom stereocenters. The topological polar surface area (TPSA) is 52.6 Å². The smallest absolute Gasteiger partial charge is 0.304 e. The van der Waals surface area contributed by atoms with E-state index in [4.69, 9.17) is 46.4 Å². The van der Waals surface area contributed by atoms with E-state index in [1.54, 1.807) is 6.07 Å². The van der Waals surface area contributed by atoms with Crippen LogP contribution in [0.15, 0.2) is 36.4 Å². The average molecular weight is 366 g/mol. The summed E-state index contributed by atoms with van der Waals surface area (Å²) in [6.45, 7) is 0. The maximum atomic E-state index is 12.0. The molecule has 0 spiro atoms. The summed E-state index contributed by atoms with van der Waals surface area (Å²) in [7, 11) is 0. The lowest BCUT2D eigenvalue weighted by molar-refractivity contribution is 0.216. The van der Waals surface area contributed by atoms with Crippen molar-refractivity contribution >= 4 is 63.8 Å². The third-order valence-corrected chi connectivity index (χ3v) is 3.81. The van der Waals surface area contributed by atoms with Gasteiger partial charge < -0.3 is 5.32 Å². The van der Waals surface area contributed by atoms with Crippen LogP contribution in [0.2, 0.25) is 20.1 Å². The van der Waals surface area contributed by atoms with Gasteiger partial charge in [-0.25, -0.2) is 4.79 Å². The van der Waals surface area contributed by atoms with Crippen LogP contribution in [0, 0.1) is 0 Å². The highest BCUT2D eigenvalue weighted by molar-refractivity contribution is 6.42. The minimum absolute atomic E-state index is 0.153. The van der Waals surface area contributed by atoms with Gasteiger partial charge in [0.25, 0.3) is 0 Å². The van der Waals surface area contributed by atoms with E-state index >= 15 is 0 Å². The number of nitrogens with zero attached hydrogens (tertiary/aromatic N) is 1. The fourth-order valence-corrected chi connectivity index (χ4v) is 2.12. The molecule has 0 bridgehead atoms. The molecule has 0 aliphatic heterocycles. The molecular formula is C13H8Cl4N2O2. The molecule has 2 amide bonds. The van der Waals surface area contributed by atoms with Crippen molar-refractivity contribution in [3.63, 3.8) is 0 Å². The van der Waals surface area contributed by atoms with Gasteiger partial charge in [-0.2, -0.15) is 5.06 Å². The number of rotatable bonds is 2. The monoisotopic (exact) mass is 364 g/mol. The first kappa shape index (κ1) is 16.2. The van der Waals surface area contributed by atoms with Gasteiger partial charge >= 0.3 is 6.03 Å². The standard InChI is InChI=1S/C13H8Cl4N2O2/c14-7-1-3-10(16)12(5-7)18-13(20)19(21)8-2-4-9(15)11(17)6-8/h1-6,21H,(H,18,20). The number of carbonyl (C=O) groups is 1. The highest BCUT2D eigenvalue weighted by Crippen LogP contribution is 2.28. The largest absolute Gasteiger partial charge is 0.350 e. The SMILES string of the molecule is O=C(Nc1cc(Cl)ccc1Cl)N(O)c1ccc(Cl)c(Cl)c1. The molecule has 4 nitrogen and oxygen atoms in total. The van der Waals surface area contributed by atoms with Crippen LogP contribution in [-0.4, -0.2) is 11.2 Å². The summed E-state index contributed by atoms with van der Waals surface area (Å²) >= 11 is 23.3. The Balaban J connectivity index is 2.19. The van der Waals surface area contributed by atoms with E-state index in [9.17, 15) is 10.0 Å². The number of urea groups is 1. The lowest BCUT2D eigenvalue weighted by Gasteiger charge is -2.17. The molecule has 8 heteroatoms. The van der Waals surface area contributed by atoms with Crippen molar-refractivity contribution in [2.45, 2.75) is 0 Å². The van der Waals surface area contributed by atoms with Crippen LogP contribution in [0.25, 0.3) is 0 Å². The molecule has 110 valence electrons. The van der Waals surface area contributed by atoms with Crippen LogP contribution in [0.4, 0.5) is 16.2 Å². The Labute approximate surface area is 140 Å². The summed E-state index contributed by atoms with van der Waals surface area (Å²) < 4.78 is 0. The molecule has 0 fully saturated rings. The second-order valence-corrected chi connectivity index (χ2v) is 5.62. The van der Waals surface area contributed by atoms with Crippen molar-refractivity contribution in [2.75, 3.05) is 10.4 Å². The summed E-state index contributed by atoms with van der Waals surface area (Å²) in [6, 6.07) is 8.00. The third-order valence-electron chi connectivity index (χ3n) is 2.51. The molecule has 2 aromatic rings. The van der Waals surface area contributed by atoms with Crippen molar-refractivity contribution in [3.05, 3.63) is 56.5 Å². The third kappa shape index (κ3) is 3.93. The highest BCUT2D eigenvalue weighted by atomic mass is 35.5. The Morgan fingerprint density at radius 3 is 2.29 bits per heavy atom. The minimum atomic E-state index is -0.822. The first-order valence-electron chi connectivity index (χ1n) is 5.58. The molecule has 0 saturated carbocycles. The number of hydroxylamine groups is 1. The summed E-state index contributed by atoms with van der Waals surface area (Å²) in [5.41, 5.74) is 0.424. The van der Waals surface area contributed by atoms with Crippen molar-refractivity contribution in [1.82, 2.24) is 0 Å². The molecule has 2 rings (SSSR count). The normalized spacial score (nSPS) is 10.3. The van der Waals surface area contributed by atoms with Crippen molar-refractivity contribution in [1.29, 1.82) is 0 Å². The van der Waals surface area contributed by atoms with Crippen LogP contribution in [-0.2, 0) is 0 Å². The number of hydrogen-bond donors (Lipinski definition) is 2. The number of nitrogens with one attached hydrogen (secondary N) is 1. The molecule has 21 heavy (non-hydrogen) atoms. The van der Waals surface area contributed by atoms with Crippen LogP contribution in [0.1, 0.15) is 0 Å². The lowest BCUT2D eigenvalue weighted by Crippen LogP contribution is -2.31. The zero-order valence-electron chi connectivity index (χ0n) is 10.3. The van der Waals surface area contributed by atoms with Crippen molar-refractivity contribution in [2.24, 2.45) is 0 Å². The predicted molar refractivity (Wildman–Crippen MR) is 86.2 cm³/mol. The molecule has 0 saturated heterocycles. The molecule has 0 radical (unpaired) electrons. The Kier molecular flexibility index (Phi) is 5.19. The van der Waals surface area contributed by atoms with E-state index in [-0.39, 0.29) is 21.4 Å². The van der Waals surface area contributed by atoms with Crippen molar-refractivity contribution in [3.8, 4) is 0 Å². The molecular weight excluding hydrogens is 358 g/mol. The molecule has 2 aromatic carbocycles. The molecule has 0 unspecified atom stereocenters. The van der Waals surface area contributed by atoms with E-state index in [2.05, 4.69) is 5.32 Å². The molecule has 0 aliphatic carbocycles. The van der Waals surface area contributed by atoms with Gasteiger partial charge in [-0.1, -0.05) is 46.4 Å². The van der Waals surface area contributed by atoms with Gasteiger partial charge in [0.1, 0.15) is 0 Å². The number of anilines is 2. The summed E-state index contributed by atoms with van der Waals surface area (Å²) in [5.74, 6) is 0. The van der Waals surface area contributed by atoms with E-state index in [0.717, 1.165) is 0 Å². The average Bonchev–Trinajstić information content (AvgIpc) is 2.45. The zero-order chi connectivity index (χ0) is 15.6. The second kappa shape index (κ2) is 6.73. The van der Waals surface area contributed by atoms with Crippen LogP contribution in [0.3, 0.4) is 0 Å². The molecule has 0 aromatic heterocycles. The number of halogens is 4. The maximum absolute atomic E-state index is 12.0. The van der Waals surface area contributed by atoms with Gasteiger partial charge in [-0.15, -0.1) is 0 Å². The van der Waals surface area contributed by atoms with Crippen molar-refractivity contribution < 1.29 is 10.0 Å². The van der Waals surface area contributed by atoms with Gasteiger partial charge in [-0.3, -0.25) is 5.21 Å². The molecule has 0 aliphatic rings. The highest BCUT2D eigenvalue weighted by Gasteiger charge is 2.16. The van der Waals surface area contributed by atoms with Gasteiger partial charge in [0.2, 0.25) is 0 Å². The fraction of sp³-hybridized carbons (Fsp3) is 0. The summed E-state index contributed by atoms with van der Waals surface area (Å²) in [6.07, 6.45) is 0. The van der Waals surface area contributed by atoms with E-state index in [1.807, 2.05) is 0 Å². The van der Waals surface area contributed by atoms with E-state index < -0.39 is 6.03 Å². The van der Waals surface area contributed by atoms with Gasteiger partial charge in [0, 0.05) is 5.02 Å². The Morgan fingerprint density at radius 2 is 1.62 bits per heavy atom. The minimum Gasteiger partial charge on any atom is -0.304 e. The Morgan fingerprint density at radius 1 is 0.952 bits per heavy atom. The van der Waals surface area contributed by atoms with Crippen LogP contribution < -0.4 is 10.4 Å². The van der Waals surface area contributed by atoms with Crippen LogP contribution in [0.5, 0.6) is 0 Å². The first-order valence-corrected chi connectivity index (χ1v) is 7.10. The first-order chi connectivity index (χ1) is 9.88. The number of hydrogen-bond acceptors (Lipinski definition) is 2. The van der Waals surface area contributed by atoms with E-state index in [1.165, 1.54) is 30.3 Å². The second-order valence-electron chi connectivity index (χ2n) is 3.96. The van der Waals surface area contributed by atoms with Gasteiger partial charge in [-0.05, 0) is 36.4 Å². The van der Waals surface area contributed by atoms with Crippen LogP contribution >= 0.6 is 46.4 Å². The Hall–Kier alpha value is -1.17. The van der Waals surface area contributed by atoms with Gasteiger partial charge in [0.15, 0.2) is 0 Å². The number of amides is 2. The zero-order valence-corrected chi connectivity index (χ0v) is 13.3. The lowest BCUT2D eigenvalue weighted by atomic mass is 10.3. The summed E-state index contributed by atoms with van der Waals surface area (Å²) in [5, 5.41) is 13.9. The number of benzene rings is 2. The molecule has 2 N–H and O–H groups in total. The fourth-order valence-electron chi connectivity index (χ4n) is 1.50. The Bertz CT molecular complexity index is 694. The molecule has 0 heterocycles. The quantitative estimate of drug-likeness (QED) is 0.527. The predicted octanol–water partition coefficient (Wildman–Crippen LogP) is 5.73. The van der Waals surface area contributed by atoms with Gasteiger partial charge in [0.05, 0.1) is 26.4 Å². The van der Waals surface area contributed by atoms with E-state index in [0.29, 0.717) is 15.1 Å². The maximum Gasteiger partial charge on any atom is 0.350 e. The number of carbonyl (C=O) groups excluding carboxylic acids is 1. The summed E-state index contributed by atoms with van der Waals surface area (Å²) in [4.78, 5) is 12.0.